The average molecular weight is 459 g/mol. The molecule has 34 heavy (non-hydrogen) atoms. The lowest BCUT2D eigenvalue weighted by atomic mass is 10.1. The zero-order valence-corrected chi connectivity index (χ0v) is 19.7. The largest absolute Gasteiger partial charge is 0.497 e. The number of hydrogen-bond acceptors (Lipinski definition) is 4. The molecule has 4 aromatic rings. The molecule has 0 unspecified atom stereocenters. The second-order valence-electron chi connectivity index (χ2n) is 7.87. The van der Waals surface area contributed by atoms with Crippen LogP contribution in [-0.4, -0.2) is 24.5 Å². The van der Waals surface area contributed by atoms with E-state index in [1.165, 1.54) is 12.1 Å². The highest BCUT2D eigenvalue weighted by atomic mass is 19.1. The molecule has 3 aromatic carbocycles. The highest BCUT2D eigenvalue weighted by Gasteiger charge is 2.17. The monoisotopic (exact) mass is 458 g/mol. The molecule has 6 heteroatoms. The molecule has 1 aromatic heterocycles. The van der Waals surface area contributed by atoms with Crippen LogP contribution in [0.15, 0.2) is 84.0 Å². The second-order valence-corrected chi connectivity index (χ2v) is 7.87. The number of hydrogen-bond donors (Lipinski definition) is 0. The number of oxime groups is 1. The summed E-state index contributed by atoms with van der Waals surface area (Å²) in [6, 6.07) is 24.1. The van der Waals surface area contributed by atoms with Crippen molar-refractivity contribution in [3.63, 3.8) is 0 Å². The van der Waals surface area contributed by atoms with Gasteiger partial charge in [-0.3, -0.25) is 0 Å². The van der Waals surface area contributed by atoms with E-state index in [0.29, 0.717) is 6.61 Å². The maximum Gasteiger partial charge on any atom is 0.142 e. The number of methoxy groups -OCH3 is 2. The number of ether oxygens (including phenoxy) is 2. The predicted octanol–water partition coefficient (Wildman–Crippen LogP) is 6.55. The van der Waals surface area contributed by atoms with Gasteiger partial charge in [0.1, 0.15) is 23.9 Å². The van der Waals surface area contributed by atoms with Crippen molar-refractivity contribution >= 4 is 5.71 Å². The van der Waals surface area contributed by atoms with E-state index in [4.69, 9.17) is 14.3 Å². The summed E-state index contributed by atoms with van der Waals surface area (Å²) in [7, 11) is 3.28. The Labute approximate surface area is 199 Å². The minimum absolute atomic E-state index is 0.270. The van der Waals surface area contributed by atoms with Crippen LogP contribution in [-0.2, 0) is 11.4 Å². The van der Waals surface area contributed by atoms with Crippen molar-refractivity contribution in [1.82, 2.24) is 4.57 Å². The Kier molecular flexibility index (Phi) is 6.97. The highest BCUT2D eigenvalue weighted by molar-refractivity contribution is 6.01. The molecule has 0 spiro atoms. The number of benzene rings is 3. The fourth-order valence-electron chi connectivity index (χ4n) is 3.84. The predicted molar refractivity (Wildman–Crippen MR) is 132 cm³/mol. The summed E-state index contributed by atoms with van der Waals surface area (Å²) in [4.78, 5) is 5.64. The summed E-state index contributed by atoms with van der Waals surface area (Å²) in [5.41, 5.74) is 6.50. The van der Waals surface area contributed by atoms with Crippen molar-refractivity contribution in [2.24, 2.45) is 5.16 Å². The second kappa shape index (κ2) is 10.3. The molecule has 0 N–H and O–H groups in total. The first-order valence-electron chi connectivity index (χ1n) is 10.9. The number of aromatic nitrogens is 1. The first kappa shape index (κ1) is 23.1. The van der Waals surface area contributed by atoms with Crippen LogP contribution in [0.1, 0.15) is 23.7 Å². The molecule has 0 bridgehead atoms. The quantitative estimate of drug-likeness (QED) is 0.222. The van der Waals surface area contributed by atoms with Crippen molar-refractivity contribution < 1.29 is 18.7 Å². The van der Waals surface area contributed by atoms with E-state index < -0.39 is 0 Å². The van der Waals surface area contributed by atoms with Crippen LogP contribution in [0.4, 0.5) is 4.39 Å². The van der Waals surface area contributed by atoms with E-state index in [2.05, 4.69) is 15.8 Å². The summed E-state index contributed by atoms with van der Waals surface area (Å²) >= 11 is 0. The maximum atomic E-state index is 13.6. The van der Waals surface area contributed by atoms with E-state index in [-0.39, 0.29) is 5.82 Å². The van der Waals surface area contributed by atoms with Crippen LogP contribution in [0.25, 0.3) is 16.9 Å². The third kappa shape index (κ3) is 4.96. The van der Waals surface area contributed by atoms with Gasteiger partial charge >= 0.3 is 0 Å². The van der Waals surface area contributed by atoms with Gasteiger partial charge in [0.25, 0.3) is 0 Å². The summed E-state index contributed by atoms with van der Waals surface area (Å²) in [5.74, 6) is 1.31. The fourth-order valence-corrected chi connectivity index (χ4v) is 3.84. The zero-order chi connectivity index (χ0) is 24.1. The maximum absolute atomic E-state index is 13.6. The smallest absolute Gasteiger partial charge is 0.142 e. The van der Waals surface area contributed by atoms with E-state index in [1.807, 2.05) is 62.4 Å². The lowest BCUT2D eigenvalue weighted by Crippen LogP contribution is -2.02. The van der Waals surface area contributed by atoms with Gasteiger partial charge in [-0.2, -0.15) is 0 Å². The van der Waals surface area contributed by atoms with Crippen molar-refractivity contribution in [3.05, 3.63) is 102 Å². The molecular formula is C28H27FN2O3. The Morgan fingerprint density at radius 3 is 2.03 bits per heavy atom. The third-order valence-electron chi connectivity index (χ3n) is 5.70. The average Bonchev–Trinajstić information content (AvgIpc) is 3.22. The van der Waals surface area contributed by atoms with Gasteiger partial charge in [0.15, 0.2) is 0 Å². The molecule has 0 radical (unpaired) electrons. The van der Waals surface area contributed by atoms with Gasteiger partial charge in [0.05, 0.1) is 25.6 Å². The standard InChI is InChI=1S/C28H27FN2O3/c1-19(30-34-18-21-5-13-25(32-3)14-6-21)27-17-28(22-7-9-23(29)10-8-22)31(20(27)2)24-11-15-26(33-4)16-12-24/h5-17H,18H2,1-4H3/b30-19+. The summed E-state index contributed by atoms with van der Waals surface area (Å²) in [5, 5.41) is 4.37. The van der Waals surface area contributed by atoms with Gasteiger partial charge in [0.2, 0.25) is 0 Å². The van der Waals surface area contributed by atoms with Crippen molar-refractivity contribution in [1.29, 1.82) is 0 Å². The van der Waals surface area contributed by atoms with E-state index >= 15 is 0 Å². The molecule has 174 valence electrons. The zero-order valence-electron chi connectivity index (χ0n) is 19.7. The van der Waals surface area contributed by atoms with Crippen LogP contribution < -0.4 is 9.47 Å². The van der Waals surface area contributed by atoms with E-state index in [9.17, 15) is 4.39 Å². The molecule has 0 saturated heterocycles. The van der Waals surface area contributed by atoms with E-state index in [0.717, 1.165) is 51.0 Å². The molecule has 0 amide bonds. The first-order valence-corrected chi connectivity index (χ1v) is 10.9. The molecule has 0 aliphatic rings. The van der Waals surface area contributed by atoms with Gasteiger partial charge in [-0.05, 0) is 91.7 Å². The normalized spacial score (nSPS) is 11.4. The van der Waals surface area contributed by atoms with Gasteiger partial charge < -0.3 is 18.9 Å². The van der Waals surface area contributed by atoms with Crippen LogP contribution >= 0.6 is 0 Å². The minimum atomic E-state index is -0.270. The van der Waals surface area contributed by atoms with E-state index in [1.54, 1.807) is 26.4 Å². The SMILES string of the molecule is COc1ccc(CO/N=C(\C)c2cc(-c3ccc(F)cc3)n(-c3ccc(OC)cc3)c2C)cc1. The van der Waals surface area contributed by atoms with Gasteiger partial charge in [-0.1, -0.05) is 17.3 Å². The van der Waals surface area contributed by atoms with Crippen LogP contribution in [0, 0.1) is 12.7 Å². The highest BCUT2D eigenvalue weighted by Crippen LogP contribution is 2.31. The molecule has 0 aliphatic heterocycles. The van der Waals surface area contributed by atoms with Crippen molar-refractivity contribution in [3.8, 4) is 28.4 Å². The third-order valence-corrected chi connectivity index (χ3v) is 5.70. The van der Waals surface area contributed by atoms with Gasteiger partial charge in [0, 0.05) is 16.9 Å². The topological polar surface area (TPSA) is 45.0 Å². The Bertz CT molecular complexity index is 1280. The lowest BCUT2D eigenvalue weighted by molar-refractivity contribution is 0.130. The van der Waals surface area contributed by atoms with Crippen LogP contribution in [0.3, 0.4) is 0 Å². The molecule has 1 heterocycles. The Morgan fingerprint density at radius 2 is 1.44 bits per heavy atom. The van der Waals surface area contributed by atoms with Crippen molar-refractivity contribution in [2.75, 3.05) is 14.2 Å². The Morgan fingerprint density at radius 1 is 0.853 bits per heavy atom. The Balaban J connectivity index is 1.67. The fraction of sp³-hybridized carbons (Fsp3) is 0.179. The molecule has 0 fully saturated rings. The number of nitrogens with zero attached hydrogens (tertiary/aromatic N) is 2. The Hall–Kier alpha value is -4.06. The lowest BCUT2D eigenvalue weighted by Gasteiger charge is -2.13. The van der Waals surface area contributed by atoms with Gasteiger partial charge in [-0.25, -0.2) is 4.39 Å². The van der Waals surface area contributed by atoms with Crippen LogP contribution in [0.5, 0.6) is 11.5 Å². The summed E-state index contributed by atoms with van der Waals surface area (Å²) in [6.07, 6.45) is 0. The first-order chi connectivity index (χ1) is 16.5. The molecule has 4 rings (SSSR count). The molecule has 0 saturated carbocycles. The molecule has 5 nitrogen and oxygen atoms in total. The minimum Gasteiger partial charge on any atom is -0.497 e. The molecule has 0 atom stereocenters. The number of rotatable bonds is 8. The summed E-state index contributed by atoms with van der Waals surface area (Å²) in [6.45, 7) is 4.31. The molecule has 0 aliphatic carbocycles. The summed E-state index contributed by atoms with van der Waals surface area (Å²) < 4.78 is 26.2. The van der Waals surface area contributed by atoms with Crippen LogP contribution in [0.2, 0.25) is 0 Å². The van der Waals surface area contributed by atoms with Gasteiger partial charge in [-0.15, -0.1) is 0 Å². The van der Waals surface area contributed by atoms with Crippen molar-refractivity contribution in [2.45, 2.75) is 20.5 Å². The number of halogens is 1. The molecular weight excluding hydrogens is 431 g/mol.